The van der Waals surface area contributed by atoms with E-state index >= 15 is 0 Å². The number of urea groups is 1. The van der Waals surface area contributed by atoms with Gasteiger partial charge in [-0.05, 0) is 26.2 Å². The van der Waals surface area contributed by atoms with Crippen molar-refractivity contribution in [3.63, 3.8) is 0 Å². The summed E-state index contributed by atoms with van der Waals surface area (Å²) in [6.45, 7) is 3.14. The van der Waals surface area contributed by atoms with E-state index in [0.29, 0.717) is 19.0 Å². The number of carbonyl (C=O) groups excluding carboxylic acids is 2. The number of ether oxygens (including phenoxy) is 1. The molecular weight excluding hydrogens is 296 g/mol. The number of aromatic nitrogens is 2. The highest BCUT2D eigenvalue weighted by Gasteiger charge is 2.47. The molecule has 122 valence electrons. The Balaban J connectivity index is 1.54. The molecule has 1 unspecified atom stereocenters. The Hall–Kier alpha value is -2.02. The fraction of sp³-hybridized carbons (Fsp3) is 0.625. The van der Waals surface area contributed by atoms with E-state index in [1.807, 2.05) is 6.92 Å². The van der Waals surface area contributed by atoms with Gasteiger partial charge in [-0.15, -0.1) is 0 Å². The van der Waals surface area contributed by atoms with Crippen LogP contribution in [0.1, 0.15) is 43.3 Å². The molecule has 1 aromatic rings. The van der Waals surface area contributed by atoms with E-state index in [1.54, 1.807) is 11.1 Å². The number of hydrogen-bond donors (Lipinski definition) is 0. The van der Waals surface area contributed by atoms with Gasteiger partial charge in [-0.2, -0.15) is 0 Å². The number of amides is 3. The van der Waals surface area contributed by atoms with Crippen LogP contribution in [0.5, 0.6) is 0 Å². The van der Waals surface area contributed by atoms with Gasteiger partial charge in [0, 0.05) is 24.2 Å². The molecule has 3 aliphatic rings. The molecule has 4 rings (SSSR count). The molecule has 0 bridgehead atoms. The summed E-state index contributed by atoms with van der Waals surface area (Å²) >= 11 is 0. The predicted octanol–water partition coefficient (Wildman–Crippen LogP) is 1.25. The largest absolute Gasteiger partial charge is 0.376 e. The Morgan fingerprint density at radius 2 is 2.17 bits per heavy atom. The van der Waals surface area contributed by atoms with Crippen molar-refractivity contribution in [3.05, 3.63) is 23.3 Å². The van der Waals surface area contributed by atoms with Crippen molar-refractivity contribution in [1.29, 1.82) is 0 Å². The van der Waals surface area contributed by atoms with E-state index < -0.39 is 0 Å². The Morgan fingerprint density at radius 3 is 2.91 bits per heavy atom. The van der Waals surface area contributed by atoms with Gasteiger partial charge in [-0.25, -0.2) is 14.8 Å². The third-order valence-corrected chi connectivity index (χ3v) is 5.00. The van der Waals surface area contributed by atoms with Crippen molar-refractivity contribution in [2.24, 2.45) is 0 Å². The Morgan fingerprint density at radius 1 is 1.35 bits per heavy atom. The molecular formula is C16H20N4O3. The summed E-state index contributed by atoms with van der Waals surface area (Å²) in [6, 6.07) is -0.358. The molecule has 7 nitrogen and oxygen atoms in total. The van der Waals surface area contributed by atoms with E-state index in [9.17, 15) is 9.59 Å². The maximum atomic E-state index is 12.6. The van der Waals surface area contributed by atoms with E-state index in [2.05, 4.69) is 9.97 Å². The van der Waals surface area contributed by atoms with Crippen LogP contribution in [-0.4, -0.2) is 50.4 Å². The van der Waals surface area contributed by atoms with Gasteiger partial charge >= 0.3 is 6.03 Å². The zero-order valence-corrected chi connectivity index (χ0v) is 13.2. The van der Waals surface area contributed by atoms with Gasteiger partial charge in [0.25, 0.3) is 5.91 Å². The lowest BCUT2D eigenvalue weighted by Crippen LogP contribution is -2.45. The maximum Gasteiger partial charge on any atom is 0.328 e. The maximum absolute atomic E-state index is 12.6. The standard InChI is InChI=1S/C16H20N4O3/c1-10-15(21)19(16(22)20(10)12-3-2-4-12)8-14-17-7-11-9-23-6-5-13(11)18-14/h7,10,12H,2-6,8-9H2,1H3. The van der Waals surface area contributed by atoms with E-state index in [0.717, 1.165) is 36.9 Å². The van der Waals surface area contributed by atoms with Crippen molar-refractivity contribution in [3.8, 4) is 0 Å². The molecule has 2 aliphatic heterocycles. The van der Waals surface area contributed by atoms with Gasteiger partial charge < -0.3 is 9.64 Å². The van der Waals surface area contributed by atoms with Crippen LogP contribution in [0.4, 0.5) is 4.79 Å². The van der Waals surface area contributed by atoms with Gasteiger partial charge in [-0.1, -0.05) is 0 Å². The number of hydrogen-bond acceptors (Lipinski definition) is 5. The summed E-state index contributed by atoms with van der Waals surface area (Å²) in [5, 5.41) is 0. The third-order valence-electron chi connectivity index (χ3n) is 5.00. The minimum atomic E-state index is -0.376. The molecule has 0 N–H and O–H groups in total. The fourth-order valence-electron chi connectivity index (χ4n) is 3.42. The monoisotopic (exact) mass is 316 g/mol. The number of nitrogens with zero attached hydrogens (tertiary/aromatic N) is 4. The van der Waals surface area contributed by atoms with Gasteiger partial charge in [0.15, 0.2) is 0 Å². The highest BCUT2D eigenvalue weighted by atomic mass is 16.5. The van der Waals surface area contributed by atoms with Gasteiger partial charge in [-0.3, -0.25) is 9.69 Å². The van der Waals surface area contributed by atoms with Crippen LogP contribution in [-0.2, 0) is 29.1 Å². The van der Waals surface area contributed by atoms with Crippen LogP contribution in [0.15, 0.2) is 6.20 Å². The molecule has 0 aromatic carbocycles. The molecule has 2 fully saturated rings. The molecule has 7 heteroatoms. The van der Waals surface area contributed by atoms with Crippen LogP contribution in [0.3, 0.4) is 0 Å². The van der Waals surface area contributed by atoms with Gasteiger partial charge in [0.2, 0.25) is 0 Å². The van der Waals surface area contributed by atoms with Crippen LogP contribution < -0.4 is 0 Å². The van der Waals surface area contributed by atoms with Crippen molar-refractivity contribution in [2.45, 2.75) is 57.8 Å². The second-order valence-corrected chi connectivity index (χ2v) is 6.44. The smallest absolute Gasteiger partial charge is 0.328 e. The first-order valence-corrected chi connectivity index (χ1v) is 8.20. The molecule has 1 saturated heterocycles. The normalized spacial score (nSPS) is 24.8. The minimum absolute atomic E-state index is 0.147. The molecule has 3 heterocycles. The predicted molar refractivity (Wildman–Crippen MR) is 80.3 cm³/mol. The third kappa shape index (κ3) is 2.39. The van der Waals surface area contributed by atoms with Crippen LogP contribution in [0, 0.1) is 0 Å². The number of rotatable bonds is 3. The fourth-order valence-corrected chi connectivity index (χ4v) is 3.42. The van der Waals surface area contributed by atoms with Crippen molar-refractivity contribution < 1.29 is 14.3 Å². The lowest BCUT2D eigenvalue weighted by Gasteiger charge is -2.35. The highest BCUT2D eigenvalue weighted by Crippen LogP contribution is 2.31. The first-order chi connectivity index (χ1) is 11.1. The Kier molecular flexibility index (Phi) is 3.52. The molecule has 23 heavy (non-hydrogen) atoms. The lowest BCUT2D eigenvalue weighted by molar-refractivity contribution is -0.128. The van der Waals surface area contributed by atoms with Crippen LogP contribution in [0.2, 0.25) is 0 Å². The van der Waals surface area contributed by atoms with Crippen LogP contribution >= 0.6 is 0 Å². The van der Waals surface area contributed by atoms with Crippen LogP contribution in [0.25, 0.3) is 0 Å². The summed E-state index contributed by atoms with van der Waals surface area (Å²) < 4.78 is 5.37. The summed E-state index contributed by atoms with van der Waals surface area (Å²) in [7, 11) is 0. The van der Waals surface area contributed by atoms with E-state index in [-0.39, 0.29) is 30.6 Å². The quantitative estimate of drug-likeness (QED) is 0.785. The van der Waals surface area contributed by atoms with Crippen molar-refractivity contribution >= 4 is 11.9 Å². The number of carbonyl (C=O) groups is 2. The molecule has 0 radical (unpaired) electrons. The summed E-state index contributed by atoms with van der Waals surface area (Å²) in [4.78, 5) is 36.9. The van der Waals surface area contributed by atoms with E-state index in [1.165, 1.54) is 4.90 Å². The average molecular weight is 316 g/mol. The SMILES string of the molecule is CC1C(=O)N(Cc2ncc3c(n2)CCOC3)C(=O)N1C1CCC1. The second kappa shape index (κ2) is 5.56. The van der Waals surface area contributed by atoms with E-state index in [4.69, 9.17) is 4.74 Å². The molecule has 1 aliphatic carbocycles. The first-order valence-electron chi connectivity index (χ1n) is 8.20. The molecule has 1 saturated carbocycles. The molecule has 1 aromatic heterocycles. The average Bonchev–Trinajstić information content (AvgIpc) is 2.71. The summed E-state index contributed by atoms with van der Waals surface area (Å²) in [5.41, 5.74) is 1.95. The Labute approximate surface area is 134 Å². The molecule has 1 atom stereocenters. The topological polar surface area (TPSA) is 75.6 Å². The zero-order chi connectivity index (χ0) is 16.0. The Bertz CT molecular complexity index is 659. The molecule has 0 spiro atoms. The summed E-state index contributed by atoms with van der Waals surface area (Å²) in [6.07, 6.45) is 5.61. The lowest BCUT2D eigenvalue weighted by atomic mass is 9.91. The minimum Gasteiger partial charge on any atom is -0.376 e. The van der Waals surface area contributed by atoms with Gasteiger partial charge in [0.05, 0.1) is 25.5 Å². The van der Waals surface area contributed by atoms with Gasteiger partial charge in [0.1, 0.15) is 11.9 Å². The summed E-state index contributed by atoms with van der Waals surface area (Å²) in [5.74, 6) is 0.376. The van der Waals surface area contributed by atoms with Crippen molar-refractivity contribution in [2.75, 3.05) is 6.61 Å². The highest BCUT2D eigenvalue weighted by molar-refractivity contribution is 6.04. The molecule has 3 amide bonds. The number of fused-ring (bicyclic) bond motifs is 1. The second-order valence-electron chi connectivity index (χ2n) is 6.44. The van der Waals surface area contributed by atoms with Crippen molar-refractivity contribution in [1.82, 2.24) is 19.8 Å². The number of imide groups is 1. The zero-order valence-electron chi connectivity index (χ0n) is 13.2. The first kappa shape index (κ1) is 14.6.